The molecule has 1 N–H and O–H groups in total. The van der Waals surface area contributed by atoms with Gasteiger partial charge in [-0.25, -0.2) is 4.79 Å². The highest BCUT2D eigenvalue weighted by molar-refractivity contribution is 6.02. The minimum absolute atomic E-state index is 0.218. The number of hydrogen-bond donors (Lipinski definition) is 1. The lowest BCUT2D eigenvalue weighted by molar-refractivity contribution is -0.111. The molecule has 0 aliphatic carbocycles. The molecular weight excluding hydrogens is 266 g/mol. The average Bonchev–Trinajstić information content (AvgIpc) is 2.87. The highest BCUT2D eigenvalue weighted by atomic mass is 16.5. The van der Waals surface area contributed by atoms with E-state index in [2.05, 4.69) is 5.32 Å². The van der Waals surface area contributed by atoms with E-state index in [9.17, 15) is 9.59 Å². The number of rotatable bonds is 3. The van der Waals surface area contributed by atoms with Gasteiger partial charge in [0.05, 0.1) is 5.56 Å². The molecule has 1 aliphatic rings. The van der Waals surface area contributed by atoms with Crippen LogP contribution in [0.5, 0.6) is 0 Å². The summed E-state index contributed by atoms with van der Waals surface area (Å²) >= 11 is 0. The summed E-state index contributed by atoms with van der Waals surface area (Å²) in [6.45, 7) is 0.262. The Morgan fingerprint density at radius 1 is 1.14 bits per heavy atom. The van der Waals surface area contributed by atoms with E-state index in [4.69, 9.17) is 4.74 Å². The first kappa shape index (κ1) is 13.1. The van der Waals surface area contributed by atoms with Crippen LogP contribution in [0.1, 0.15) is 21.5 Å². The predicted molar refractivity (Wildman–Crippen MR) is 79.7 cm³/mol. The molecule has 0 saturated carbocycles. The first-order valence-corrected chi connectivity index (χ1v) is 6.56. The summed E-state index contributed by atoms with van der Waals surface area (Å²) in [7, 11) is 0. The molecule has 1 amide bonds. The van der Waals surface area contributed by atoms with Crippen molar-refractivity contribution in [1.82, 2.24) is 0 Å². The van der Waals surface area contributed by atoms with Gasteiger partial charge in [-0.1, -0.05) is 30.3 Å². The molecule has 0 saturated heterocycles. The Morgan fingerprint density at radius 2 is 1.95 bits per heavy atom. The Balaban J connectivity index is 1.68. The number of ether oxygens (including phenoxy) is 1. The first-order valence-electron chi connectivity index (χ1n) is 6.56. The van der Waals surface area contributed by atoms with Gasteiger partial charge in [0.25, 0.3) is 0 Å². The van der Waals surface area contributed by atoms with Crippen LogP contribution in [0.15, 0.2) is 54.6 Å². The van der Waals surface area contributed by atoms with E-state index in [1.54, 1.807) is 24.3 Å². The molecule has 0 fully saturated rings. The third-order valence-electron chi connectivity index (χ3n) is 3.18. The second-order valence-electron chi connectivity index (χ2n) is 4.68. The molecular formula is C17H13NO3. The number of cyclic esters (lactones) is 1. The van der Waals surface area contributed by atoms with E-state index in [0.717, 1.165) is 11.1 Å². The van der Waals surface area contributed by atoms with Gasteiger partial charge in [0.1, 0.15) is 6.61 Å². The number of esters is 1. The SMILES string of the molecule is O=C(C=Cc1ccccc1)Nc1ccc2c(c1)COC2=O. The molecule has 4 heteroatoms. The smallest absolute Gasteiger partial charge is 0.338 e. The molecule has 0 unspecified atom stereocenters. The molecule has 0 radical (unpaired) electrons. The molecule has 1 heterocycles. The Labute approximate surface area is 122 Å². The summed E-state index contributed by atoms with van der Waals surface area (Å²) in [5.74, 6) is -0.532. The molecule has 4 nitrogen and oxygen atoms in total. The summed E-state index contributed by atoms with van der Waals surface area (Å²) in [6.07, 6.45) is 3.22. The van der Waals surface area contributed by atoms with Crippen molar-refractivity contribution in [3.05, 3.63) is 71.3 Å². The van der Waals surface area contributed by atoms with Crippen molar-refractivity contribution in [1.29, 1.82) is 0 Å². The van der Waals surface area contributed by atoms with E-state index < -0.39 is 0 Å². The topological polar surface area (TPSA) is 55.4 Å². The van der Waals surface area contributed by atoms with Crippen molar-refractivity contribution in [3.8, 4) is 0 Å². The second kappa shape index (κ2) is 5.63. The van der Waals surface area contributed by atoms with Crippen LogP contribution in [0.25, 0.3) is 6.08 Å². The van der Waals surface area contributed by atoms with Crippen LogP contribution in [0, 0.1) is 0 Å². The second-order valence-corrected chi connectivity index (χ2v) is 4.68. The van der Waals surface area contributed by atoms with Crippen molar-refractivity contribution in [2.24, 2.45) is 0 Å². The Morgan fingerprint density at radius 3 is 2.76 bits per heavy atom. The normalized spacial score (nSPS) is 13.0. The fourth-order valence-electron chi connectivity index (χ4n) is 2.13. The Bertz CT molecular complexity index is 720. The molecule has 0 aromatic heterocycles. The summed E-state index contributed by atoms with van der Waals surface area (Å²) in [5.41, 5.74) is 2.97. The van der Waals surface area contributed by atoms with Crippen LogP contribution in [-0.2, 0) is 16.1 Å². The maximum absolute atomic E-state index is 11.9. The van der Waals surface area contributed by atoms with Crippen molar-refractivity contribution >= 4 is 23.6 Å². The lowest BCUT2D eigenvalue weighted by Gasteiger charge is -2.03. The number of fused-ring (bicyclic) bond motifs is 1. The van der Waals surface area contributed by atoms with Crippen LogP contribution < -0.4 is 5.32 Å². The lowest BCUT2D eigenvalue weighted by Crippen LogP contribution is -2.08. The van der Waals surface area contributed by atoms with Gasteiger partial charge in [-0.05, 0) is 29.8 Å². The fraction of sp³-hybridized carbons (Fsp3) is 0.0588. The molecule has 0 spiro atoms. The van der Waals surface area contributed by atoms with E-state index in [0.29, 0.717) is 11.3 Å². The number of benzene rings is 2. The van der Waals surface area contributed by atoms with Gasteiger partial charge < -0.3 is 10.1 Å². The van der Waals surface area contributed by atoms with Crippen LogP contribution in [0.2, 0.25) is 0 Å². The van der Waals surface area contributed by atoms with Gasteiger partial charge in [0, 0.05) is 17.3 Å². The van der Waals surface area contributed by atoms with Gasteiger partial charge in [0.2, 0.25) is 5.91 Å². The molecule has 3 rings (SSSR count). The van der Waals surface area contributed by atoms with Crippen LogP contribution >= 0.6 is 0 Å². The van der Waals surface area contributed by atoms with Crippen LogP contribution in [-0.4, -0.2) is 11.9 Å². The molecule has 0 bridgehead atoms. The van der Waals surface area contributed by atoms with Gasteiger partial charge in [-0.15, -0.1) is 0 Å². The van der Waals surface area contributed by atoms with Crippen molar-refractivity contribution < 1.29 is 14.3 Å². The zero-order valence-corrected chi connectivity index (χ0v) is 11.2. The van der Waals surface area contributed by atoms with Crippen molar-refractivity contribution in [3.63, 3.8) is 0 Å². The summed E-state index contributed by atoms with van der Waals surface area (Å²) in [6, 6.07) is 14.7. The molecule has 0 atom stereocenters. The monoisotopic (exact) mass is 279 g/mol. The number of carbonyl (C=O) groups is 2. The highest BCUT2D eigenvalue weighted by Crippen LogP contribution is 2.23. The predicted octanol–water partition coefficient (Wildman–Crippen LogP) is 3.01. The average molecular weight is 279 g/mol. The fourth-order valence-corrected chi connectivity index (χ4v) is 2.13. The number of hydrogen-bond acceptors (Lipinski definition) is 3. The highest BCUT2D eigenvalue weighted by Gasteiger charge is 2.20. The van der Waals surface area contributed by atoms with Crippen LogP contribution in [0.4, 0.5) is 5.69 Å². The van der Waals surface area contributed by atoms with Gasteiger partial charge in [-0.2, -0.15) is 0 Å². The zero-order valence-electron chi connectivity index (χ0n) is 11.2. The molecule has 2 aromatic rings. The first-order chi connectivity index (χ1) is 10.2. The van der Waals surface area contributed by atoms with E-state index in [1.807, 2.05) is 30.3 Å². The summed E-state index contributed by atoms with van der Waals surface area (Å²) < 4.78 is 4.92. The third kappa shape index (κ3) is 3.00. The number of nitrogens with one attached hydrogen (secondary N) is 1. The van der Waals surface area contributed by atoms with E-state index in [-0.39, 0.29) is 18.5 Å². The Kier molecular flexibility index (Phi) is 3.51. The van der Waals surface area contributed by atoms with Gasteiger partial charge in [-0.3, -0.25) is 4.79 Å². The molecule has 104 valence electrons. The van der Waals surface area contributed by atoms with Crippen molar-refractivity contribution in [2.75, 3.05) is 5.32 Å². The van der Waals surface area contributed by atoms with Crippen molar-refractivity contribution in [2.45, 2.75) is 6.61 Å². The summed E-state index contributed by atoms with van der Waals surface area (Å²) in [4.78, 5) is 23.2. The largest absolute Gasteiger partial charge is 0.457 e. The maximum Gasteiger partial charge on any atom is 0.338 e. The molecule has 2 aromatic carbocycles. The number of carbonyl (C=O) groups excluding carboxylic acids is 2. The molecule has 21 heavy (non-hydrogen) atoms. The Hall–Kier alpha value is -2.88. The maximum atomic E-state index is 11.9. The summed E-state index contributed by atoms with van der Waals surface area (Å²) in [5, 5.41) is 2.76. The minimum Gasteiger partial charge on any atom is -0.457 e. The number of amides is 1. The quantitative estimate of drug-likeness (QED) is 0.694. The standard InChI is InChI=1S/C17H13NO3/c19-16(9-6-12-4-2-1-3-5-12)18-14-7-8-15-13(10-14)11-21-17(15)20/h1-10H,11H2,(H,18,19). The van der Waals surface area contributed by atoms with Crippen LogP contribution in [0.3, 0.4) is 0 Å². The van der Waals surface area contributed by atoms with E-state index >= 15 is 0 Å². The minimum atomic E-state index is -0.313. The van der Waals surface area contributed by atoms with E-state index in [1.165, 1.54) is 6.08 Å². The zero-order chi connectivity index (χ0) is 14.7. The number of anilines is 1. The van der Waals surface area contributed by atoms with Gasteiger partial charge in [0.15, 0.2) is 0 Å². The molecule has 1 aliphatic heterocycles. The lowest BCUT2D eigenvalue weighted by atomic mass is 10.1. The third-order valence-corrected chi connectivity index (χ3v) is 3.18. The van der Waals surface area contributed by atoms with Gasteiger partial charge >= 0.3 is 5.97 Å².